The van der Waals surface area contributed by atoms with Crippen LogP contribution >= 0.6 is 0 Å². The van der Waals surface area contributed by atoms with Gasteiger partial charge in [0.15, 0.2) is 0 Å². The SMILES string of the molecule is O=c1c[n+](-c2ccc(OCc3ccccc3)cc2)[nH]o1. The Bertz CT molecular complexity index is 730. The molecule has 20 heavy (non-hydrogen) atoms. The third kappa shape index (κ3) is 2.77. The number of ether oxygens (including phenoxy) is 1. The minimum Gasteiger partial charge on any atom is -0.489 e. The number of nitrogens with one attached hydrogen (secondary N) is 1. The first-order valence-corrected chi connectivity index (χ1v) is 6.18. The third-order valence-electron chi connectivity index (χ3n) is 2.84. The second kappa shape index (κ2) is 5.44. The van der Waals surface area contributed by atoms with Gasteiger partial charge in [-0.2, -0.15) is 0 Å². The van der Waals surface area contributed by atoms with Crippen molar-refractivity contribution in [2.75, 3.05) is 0 Å². The minimum absolute atomic E-state index is 0.422. The van der Waals surface area contributed by atoms with E-state index in [0.29, 0.717) is 6.61 Å². The molecule has 0 unspecified atom stereocenters. The lowest BCUT2D eigenvalue weighted by Gasteiger charge is -2.05. The maximum Gasteiger partial charge on any atom is 0.427 e. The topological polar surface area (TPSA) is 59.1 Å². The molecule has 5 nitrogen and oxygen atoms in total. The quantitative estimate of drug-likeness (QED) is 0.735. The van der Waals surface area contributed by atoms with Crippen molar-refractivity contribution in [1.82, 2.24) is 5.27 Å². The first kappa shape index (κ1) is 12.2. The zero-order valence-electron chi connectivity index (χ0n) is 10.7. The van der Waals surface area contributed by atoms with Gasteiger partial charge in [-0.05, 0) is 27.6 Å². The summed E-state index contributed by atoms with van der Waals surface area (Å²) < 4.78 is 11.8. The van der Waals surface area contributed by atoms with E-state index in [-0.39, 0.29) is 0 Å². The maximum absolute atomic E-state index is 10.9. The van der Waals surface area contributed by atoms with Crippen LogP contribution in [0.15, 0.2) is 70.1 Å². The fraction of sp³-hybridized carbons (Fsp3) is 0.0667. The van der Waals surface area contributed by atoms with Crippen LogP contribution in [0.3, 0.4) is 0 Å². The molecule has 2 aromatic carbocycles. The lowest BCUT2D eigenvalue weighted by Crippen LogP contribution is -2.31. The summed E-state index contributed by atoms with van der Waals surface area (Å²) in [5, 5.41) is 2.49. The second-order valence-electron chi connectivity index (χ2n) is 4.28. The van der Waals surface area contributed by atoms with Gasteiger partial charge in [0.05, 0.1) is 0 Å². The van der Waals surface area contributed by atoms with Gasteiger partial charge in [0.1, 0.15) is 12.4 Å². The number of hydrogen-bond acceptors (Lipinski definition) is 3. The van der Waals surface area contributed by atoms with Crippen LogP contribution in [-0.4, -0.2) is 5.27 Å². The van der Waals surface area contributed by atoms with E-state index in [1.54, 1.807) is 0 Å². The van der Waals surface area contributed by atoms with Crippen LogP contribution in [0.4, 0.5) is 0 Å². The van der Waals surface area contributed by atoms with E-state index in [0.717, 1.165) is 17.0 Å². The molecule has 0 spiro atoms. The highest BCUT2D eigenvalue weighted by Crippen LogP contribution is 2.13. The Kier molecular flexibility index (Phi) is 3.33. The maximum atomic E-state index is 10.9. The first-order valence-electron chi connectivity index (χ1n) is 6.18. The van der Waals surface area contributed by atoms with Crippen LogP contribution in [0.25, 0.3) is 5.69 Å². The highest BCUT2D eigenvalue weighted by molar-refractivity contribution is 5.31. The number of aromatic nitrogens is 2. The van der Waals surface area contributed by atoms with Crippen LogP contribution in [0, 0.1) is 0 Å². The molecule has 0 aliphatic heterocycles. The van der Waals surface area contributed by atoms with Crippen molar-refractivity contribution in [3.05, 3.63) is 76.8 Å². The van der Waals surface area contributed by atoms with E-state index in [2.05, 4.69) is 9.79 Å². The zero-order chi connectivity index (χ0) is 13.8. The van der Waals surface area contributed by atoms with E-state index in [4.69, 9.17) is 4.74 Å². The van der Waals surface area contributed by atoms with Gasteiger partial charge in [-0.3, -0.25) is 4.52 Å². The van der Waals surface area contributed by atoms with E-state index in [9.17, 15) is 4.79 Å². The molecular formula is C15H13N2O3+. The van der Waals surface area contributed by atoms with Crippen molar-refractivity contribution >= 4 is 0 Å². The number of aromatic amines is 1. The zero-order valence-corrected chi connectivity index (χ0v) is 10.7. The van der Waals surface area contributed by atoms with Crippen molar-refractivity contribution in [2.24, 2.45) is 0 Å². The Morgan fingerprint density at radius 2 is 1.80 bits per heavy atom. The standard InChI is InChI=1S/C15H12N2O3/c18-15-10-17(16-20-15)13-6-8-14(9-7-13)19-11-12-4-2-1-3-5-12/h1-10H,11H2/p+1. The molecule has 0 aliphatic rings. The Hall–Kier alpha value is -2.82. The molecule has 1 aromatic heterocycles. The molecule has 0 saturated carbocycles. The molecule has 0 bridgehead atoms. The Morgan fingerprint density at radius 3 is 2.45 bits per heavy atom. The lowest BCUT2D eigenvalue weighted by molar-refractivity contribution is -0.670. The normalized spacial score (nSPS) is 10.4. The number of nitrogens with zero attached hydrogens (tertiary/aromatic N) is 1. The molecule has 0 fully saturated rings. The van der Waals surface area contributed by atoms with Gasteiger partial charge >= 0.3 is 5.63 Å². The molecule has 0 radical (unpaired) electrons. The number of hydrogen-bond donors (Lipinski definition) is 1. The molecule has 0 atom stereocenters. The first-order chi connectivity index (χ1) is 9.81. The summed E-state index contributed by atoms with van der Waals surface area (Å²) in [7, 11) is 0. The number of rotatable bonds is 4. The average Bonchev–Trinajstić information content (AvgIpc) is 2.93. The van der Waals surface area contributed by atoms with Gasteiger partial charge in [0.2, 0.25) is 5.69 Å². The average molecular weight is 269 g/mol. The molecule has 100 valence electrons. The Morgan fingerprint density at radius 1 is 1.05 bits per heavy atom. The van der Waals surface area contributed by atoms with Crippen LogP contribution in [0.1, 0.15) is 5.56 Å². The highest BCUT2D eigenvalue weighted by Gasteiger charge is 2.09. The van der Waals surface area contributed by atoms with Crippen molar-refractivity contribution in [2.45, 2.75) is 6.61 Å². The molecule has 0 aliphatic carbocycles. The van der Waals surface area contributed by atoms with E-state index < -0.39 is 5.63 Å². The van der Waals surface area contributed by atoms with E-state index in [1.807, 2.05) is 54.6 Å². The van der Waals surface area contributed by atoms with Crippen LogP contribution in [-0.2, 0) is 6.61 Å². The molecule has 0 saturated heterocycles. The van der Waals surface area contributed by atoms with Gasteiger partial charge in [-0.1, -0.05) is 30.3 Å². The van der Waals surface area contributed by atoms with Gasteiger partial charge in [-0.15, -0.1) is 0 Å². The molecule has 1 N–H and O–H groups in total. The summed E-state index contributed by atoms with van der Waals surface area (Å²) in [6.45, 7) is 0.524. The predicted octanol–water partition coefficient (Wildman–Crippen LogP) is 1.82. The Labute approximate surface area is 115 Å². The molecule has 3 aromatic rings. The summed E-state index contributed by atoms with van der Waals surface area (Å²) in [6, 6.07) is 17.3. The molecule has 3 rings (SSSR count). The molecule has 0 amide bonds. The summed E-state index contributed by atoms with van der Waals surface area (Å²) in [4.78, 5) is 10.9. The largest absolute Gasteiger partial charge is 0.489 e. The second-order valence-corrected chi connectivity index (χ2v) is 4.28. The van der Waals surface area contributed by atoms with Gasteiger partial charge < -0.3 is 4.74 Å². The number of benzene rings is 2. The van der Waals surface area contributed by atoms with E-state index in [1.165, 1.54) is 10.9 Å². The fourth-order valence-corrected chi connectivity index (χ4v) is 1.82. The van der Waals surface area contributed by atoms with E-state index >= 15 is 0 Å². The minimum atomic E-state index is -0.422. The monoisotopic (exact) mass is 269 g/mol. The summed E-state index contributed by atoms with van der Waals surface area (Å²) >= 11 is 0. The van der Waals surface area contributed by atoms with Crippen molar-refractivity contribution in [3.8, 4) is 11.4 Å². The molecule has 1 heterocycles. The molecular weight excluding hydrogens is 256 g/mol. The number of H-pyrrole nitrogens is 1. The van der Waals surface area contributed by atoms with Crippen LogP contribution in [0.2, 0.25) is 0 Å². The highest BCUT2D eigenvalue weighted by atomic mass is 16.5. The fourth-order valence-electron chi connectivity index (χ4n) is 1.82. The van der Waals surface area contributed by atoms with Gasteiger partial charge in [-0.25, -0.2) is 4.79 Å². The third-order valence-corrected chi connectivity index (χ3v) is 2.84. The smallest absolute Gasteiger partial charge is 0.427 e. The van der Waals surface area contributed by atoms with Crippen molar-refractivity contribution in [1.29, 1.82) is 0 Å². The summed E-state index contributed by atoms with van der Waals surface area (Å²) in [6.07, 6.45) is 1.33. The summed E-state index contributed by atoms with van der Waals surface area (Å²) in [5.41, 5.74) is 1.49. The summed E-state index contributed by atoms with van der Waals surface area (Å²) in [5.74, 6) is 0.768. The lowest BCUT2D eigenvalue weighted by atomic mass is 10.2. The molecule has 5 heteroatoms. The predicted molar refractivity (Wildman–Crippen MR) is 71.6 cm³/mol. The van der Waals surface area contributed by atoms with Crippen LogP contribution < -0.4 is 15.0 Å². The Balaban J connectivity index is 1.69. The van der Waals surface area contributed by atoms with Gasteiger partial charge in [0, 0.05) is 12.1 Å². The van der Waals surface area contributed by atoms with Crippen molar-refractivity contribution in [3.63, 3.8) is 0 Å². The van der Waals surface area contributed by atoms with Crippen LogP contribution in [0.5, 0.6) is 5.75 Å². The van der Waals surface area contributed by atoms with Crippen molar-refractivity contribution < 1.29 is 13.9 Å². The van der Waals surface area contributed by atoms with Gasteiger partial charge in [0.25, 0.3) is 6.20 Å².